The van der Waals surface area contributed by atoms with Crippen molar-refractivity contribution in [3.63, 3.8) is 0 Å². The van der Waals surface area contributed by atoms with Gasteiger partial charge in [0.25, 0.3) is 0 Å². The van der Waals surface area contributed by atoms with Crippen LogP contribution in [0.1, 0.15) is 26.7 Å². The van der Waals surface area contributed by atoms with Crippen LogP contribution in [0, 0.1) is 0 Å². The van der Waals surface area contributed by atoms with Crippen molar-refractivity contribution in [2.24, 2.45) is 0 Å². The second-order valence-corrected chi connectivity index (χ2v) is 4.38. The van der Waals surface area contributed by atoms with Gasteiger partial charge in [-0.2, -0.15) is 0 Å². The molecule has 1 aliphatic rings. The molecule has 2 unspecified atom stereocenters. The predicted octanol–water partition coefficient (Wildman–Crippen LogP) is 0.195. The van der Waals surface area contributed by atoms with Gasteiger partial charge in [-0.3, -0.25) is 4.79 Å². The molecule has 4 heteroatoms. The number of carbonyl (C=O) groups excluding carboxylic acids is 1. The Labute approximate surface area is 92.4 Å². The first kappa shape index (κ1) is 12.5. The molecule has 0 spiro atoms. The van der Waals surface area contributed by atoms with E-state index in [0.29, 0.717) is 18.5 Å². The SMILES string of the molecule is CCNC(=O)CCNC1CC(C)N(C)C1. The van der Waals surface area contributed by atoms with Crippen molar-refractivity contribution >= 4 is 5.91 Å². The average Bonchev–Trinajstić information content (AvgIpc) is 2.46. The van der Waals surface area contributed by atoms with Crippen LogP contribution < -0.4 is 10.6 Å². The first-order chi connectivity index (χ1) is 7.13. The van der Waals surface area contributed by atoms with Crippen molar-refractivity contribution in [1.82, 2.24) is 15.5 Å². The summed E-state index contributed by atoms with van der Waals surface area (Å²) >= 11 is 0. The number of hydrogen-bond donors (Lipinski definition) is 2. The number of likely N-dealkylation sites (tertiary alicyclic amines) is 1. The quantitative estimate of drug-likeness (QED) is 0.685. The Kier molecular flexibility index (Phi) is 5.05. The Hall–Kier alpha value is -0.610. The van der Waals surface area contributed by atoms with Crippen LogP contribution in [0.25, 0.3) is 0 Å². The van der Waals surface area contributed by atoms with E-state index in [0.717, 1.165) is 19.6 Å². The topological polar surface area (TPSA) is 44.4 Å². The predicted molar refractivity (Wildman–Crippen MR) is 61.8 cm³/mol. The fourth-order valence-electron chi connectivity index (χ4n) is 2.02. The van der Waals surface area contributed by atoms with Crippen LogP contribution in [0.15, 0.2) is 0 Å². The van der Waals surface area contributed by atoms with Gasteiger partial charge in [0.1, 0.15) is 0 Å². The van der Waals surface area contributed by atoms with E-state index >= 15 is 0 Å². The molecule has 0 aliphatic carbocycles. The lowest BCUT2D eigenvalue weighted by Gasteiger charge is -2.13. The lowest BCUT2D eigenvalue weighted by Crippen LogP contribution is -2.35. The van der Waals surface area contributed by atoms with Crippen LogP contribution in [0.3, 0.4) is 0 Å². The van der Waals surface area contributed by atoms with E-state index in [1.54, 1.807) is 0 Å². The van der Waals surface area contributed by atoms with Crippen molar-refractivity contribution in [2.75, 3.05) is 26.7 Å². The van der Waals surface area contributed by atoms with E-state index in [4.69, 9.17) is 0 Å². The zero-order valence-corrected chi connectivity index (χ0v) is 10.0. The Balaban J connectivity index is 2.08. The molecule has 1 aliphatic heterocycles. The van der Waals surface area contributed by atoms with Crippen LogP contribution >= 0.6 is 0 Å². The molecule has 0 aromatic heterocycles. The van der Waals surface area contributed by atoms with Gasteiger partial charge >= 0.3 is 0 Å². The maximum Gasteiger partial charge on any atom is 0.221 e. The van der Waals surface area contributed by atoms with Gasteiger partial charge in [0.2, 0.25) is 5.91 Å². The first-order valence-corrected chi connectivity index (χ1v) is 5.83. The molecule has 0 saturated carbocycles. The van der Waals surface area contributed by atoms with Gasteiger partial charge in [0.15, 0.2) is 0 Å². The highest BCUT2D eigenvalue weighted by molar-refractivity contribution is 5.75. The summed E-state index contributed by atoms with van der Waals surface area (Å²) < 4.78 is 0. The van der Waals surface area contributed by atoms with Crippen molar-refractivity contribution < 1.29 is 4.79 Å². The summed E-state index contributed by atoms with van der Waals surface area (Å²) in [5.41, 5.74) is 0. The van der Waals surface area contributed by atoms with Crippen molar-refractivity contribution in [2.45, 2.75) is 38.8 Å². The van der Waals surface area contributed by atoms with Crippen molar-refractivity contribution in [3.05, 3.63) is 0 Å². The van der Waals surface area contributed by atoms with Crippen LogP contribution in [-0.4, -0.2) is 49.6 Å². The van der Waals surface area contributed by atoms with E-state index < -0.39 is 0 Å². The molecule has 2 N–H and O–H groups in total. The van der Waals surface area contributed by atoms with Gasteiger partial charge in [-0.15, -0.1) is 0 Å². The van der Waals surface area contributed by atoms with Crippen LogP contribution in [-0.2, 0) is 4.79 Å². The summed E-state index contributed by atoms with van der Waals surface area (Å²) in [4.78, 5) is 13.5. The monoisotopic (exact) mass is 213 g/mol. The molecule has 1 heterocycles. The molecule has 1 amide bonds. The highest BCUT2D eigenvalue weighted by Gasteiger charge is 2.25. The van der Waals surface area contributed by atoms with E-state index in [1.807, 2.05) is 6.92 Å². The Morgan fingerprint density at radius 2 is 2.27 bits per heavy atom. The minimum absolute atomic E-state index is 0.143. The lowest BCUT2D eigenvalue weighted by molar-refractivity contribution is -0.120. The Bertz CT molecular complexity index is 198. The van der Waals surface area contributed by atoms with E-state index in [9.17, 15) is 4.79 Å². The highest BCUT2D eigenvalue weighted by Crippen LogP contribution is 2.14. The van der Waals surface area contributed by atoms with Crippen LogP contribution in [0.5, 0.6) is 0 Å². The third kappa shape index (κ3) is 4.18. The standard InChI is InChI=1S/C11H23N3O/c1-4-12-11(15)5-6-13-10-7-9(2)14(3)8-10/h9-10,13H,4-8H2,1-3H3,(H,12,15). The van der Waals surface area contributed by atoms with Gasteiger partial charge < -0.3 is 15.5 Å². The summed E-state index contributed by atoms with van der Waals surface area (Å²) in [5, 5.41) is 6.23. The van der Waals surface area contributed by atoms with Gasteiger partial charge in [-0.25, -0.2) is 0 Å². The number of rotatable bonds is 5. The van der Waals surface area contributed by atoms with Gasteiger partial charge in [0, 0.05) is 38.1 Å². The third-order valence-corrected chi connectivity index (χ3v) is 3.05. The number of amides is 1. The Morgan fingerprint density at radius 1 is 1.53 bits per heavy atom. The van der Waals surface area contributed by atoms with Gasteiger partial charge in [-0.05, 0) is 27.3 Å². The zero-order valence-electron chi connectivity index (χ0n) is 10.0. The van der Waals surface area contributed by atoms with Crippen LogP contribution in [0.4, 0.5) is 0 Å². The largest absolute Gasteiger partial charge is 0.356 e. The molecule has 1 saturated heterocycles. The molecule has 15 heavy (non-hydrogen) atoms. The molecule has 0 aromatic rings. The fourth-order valence-corrected chi connectivity index (χ4v) is 2.02. The van der Waals surface area contributed by atoms with E-state index in [2.05, 4.69) is 29.5 Å². The minimum atomic E-state index is 0.143. The second kappa shape index (κ2) is 6.08. The molecule has 1 rings (SSSR count). The Morgan fingerprint density at radius 3 is 2.80 bits per heavy atom. The first-order valence-electron chi connectivity index (χ1n) is 5.83. The van der Waals surface area contributed by atoms with Gasteiger partial charge in [0.05, 0.1) is 0 Å². The molecule has 0 aromatic carbocycles. The van der Waals surface area contributed by atoms with E-state index in [-0.39, 0.29) is 5.91 Å². The molecular weight excluding hydrogens is 190 g/mol. The fraction of sp³-hybridized carbons (Fsp3) is 0.909. The molecule has 0 radical (unpaired) electrons. The van der Waals surface area contributed by atoms with Crippen molar-refractivity contribution in [1.29, 1.82) is 0 Å². The lowest BCUT2D eigenvalue weighted by atomic mass is 10.2. The molecule has 2 atom stereocenters. The number of nitrogens with one attached hydrogen (secondary N) is 2. The maximum absolute atomic E-state index is 11.2. The normalized spacial score (nSPS) is 26.9. The number of carbonyl (C=O) groups is 1. The minimum Gasteiger partial charge on any atom is -0.356 e. The summed E-state index contributed by atoms with van der Waals surface area (Å²) in [6.45, 7) is 6.79. The number of nitrogens with zero attached hydrogens (tertiary/aromatic N) is 1. The highest BCUT2D eigenvalue weighted by atomic mass is 16.1. The molecular formula is C11H23N3O. The average molecular weight is 213 g/mol. The van der Waals surface area contributed by atoms with Gasteiger partial charge in [-0.1, -0.05) is 0 Å². The third-order valence-electron chi connectivity index (χ3n) is 3.05. The summed E-state index contributed by atoms with van der Waals surface area (Å²) in [6.07, 6.45) is 1.77. The summed E-state index contributed by atoms with van der Waals surface area (Å²) in [7, 11) is 2.15. The van der Waals surface area contributed by atoms with Crippen molar-refractivity contribution in [3.8, 4) is 0 Å². The van der Waals surface area contributed by atoms with E-state index in [1.165, 1.54) is 6.42 Å². The molecule has 0 bridgehead atoms. The zero-order chi connectivity index (χ0) is 11.3. The molecule has 4 nitrogen and oxygen atoms in total. The number of hydrogen-bond acceptors (Lipinski definition) is 3. The van der Waals surface area contributed by atoms with Crippen LogP contribution in [0.2, 0.25) is 0 Å². The summed E-state index contributed by atoms with van der Waals surface area (Å²) in [6, 6.07) is 1.21. The maximum atomic E-state index is 11.2. The second-order valence-electron chi connectivity index (χ2n) is 4.38. The molecule has 88 valence electrons. The smallest absolute Gasteiger partial charge is 0.221 e. The number of likely N-dealkylation sites (N-methyl/N-ethyl adjacent to an activating group) is 1. The molecule has 1 fully saturated rings. The summed E-state index contributed by atoms with van der Waals surface area (Å²) in [5.74, 6) is 0.143.